The van der Waals surface area contributed by atoms with Gasteiger partial charge in [0.1, 0.15) is 0 Å². The molecule has 0 spiro atoms. The maximum atomic E-state index is 12.8. The fourth-order valence-corrected chi connectivity index (χ4v) is 4.92. The van der Waals surface area contributed by atoms with E-state index in [1.165, 1.54) is 0 Å². The Labute approximate surface area is 231 Å². The third kappa shape index (κ3) is 9.70. The number of rotatable bonds is 9. The van der Waals surface area contributed by atoms with Crippen LogP contribution in [0.15, 0.2) is 66.1 Å². The van der Waals surface area contributed by atoms with Gasteiger partial charge < -0.3 is 15.3 Å². The maximum Gasteiger partial charge on any atom is 0.490 e. The molecular weight excluding hydrogens is 551 g/mol. The number of carbonyl (C=O) groups is 3. The van der Waals surface area contributed by atoms with E-state index in [1.807, 2.05) is 12.1 Å². The van der Waals surface area contributed by atoms with Gasteiger partial charge in [-0.25, -0.2) is 13.2 Å². The second kappa shape index (κ2) is 14.5. The largest absolute Gasteiger partial charge is 0.490 e. The molecule has 40 heavy (non-hydrogen) atoms. The number of anilines is 1. The molecule has 0 bridgehead atoms. The number of nitrogens with zero attached hydrogens (tertiary/aromatic N) is 1. The van der Waals surface area contributed by atoms with Crippen molar-refractivity contribution in [2.24, 2.45) is 5.92 Å². The third-order valence-corrected chi connectivity index (χ3v) is 7.37. The molecule has 13 heteroatoms. The molecule has 0 radical (unpaired) electrons. The normalized spacial score (nSPS) is 13.9. The number of hydrogen-bond acceptors (Lipinski definition) is 5. The molecular formula is C27H32F3N3O6S. The topological polar surface area (TPSA) is 133 Å². The van der Waals surface area contributed by atoms with E-state index in [0.717, 1.165) is 18.4 Å². The number of carbonyl (C=O) groups excluding carboxylic acids is 2. The standard InChI is InChI=1S/C25H31N3O4S.C2HF3O2/c1-3-5-19-6-12-23(13-7-19)33(31,32)27-22-10-8-21(9-11-22)25(30)28-17-14-20(15-18-28)24(29)26-16-4-2;3-2(4,5)1(6)7/h4,6-13,20,27H,2-3,5,14-18H2,1H3,(H,26,29);(H,6,7). The van der Waals surface area contributed by atoms with Crippen LogP contribution in [-0.2, 0) is 26.0 Å². The Bertz CT molecular complexity index is 1270. The summed E-state index contributed by atoms with van der Waals surface area (Å²) in [5.41, 5.74) is 1.97. The molecule has 0 saturated carbocycles. The summed E-state index contributed by atoms with van der Waals surface area (Å²) in [7, 11) is -3.71. The molecule has 0 unspecified atom stereocenters. The van der Waals surface area contributed by atoms with Crippen molar-refractivity contribution in [3.8, 4) is 0 Å². The molecule has 1 aliphatic rings. The molecule has 2 aromatic rings. The lowest BCUT2D eigenvalue weighted by molar-refractivity contribution is -0.192. The van der Waals surface area contributed by atoms with Crippen LogP contribution in [0.2, 0.25) is 0 Å². The number of alkyl halides is 3. The van der Waals surface area contributed by atoms with Gasteiger partial charge >= 0.3 is 12.1 Å². The first-order chi connectivity index (χ1) is 18.8. The predicted molar refractivity (Wildman–Crippen MR) is 143 cm³/mol. The summed E-state index contributed by atoms with van der Waals surface area (Å²) in [4.78, 5) is 35.7. The van der Waals surface area contributed by atoms with Gasteiger partial charge in [0, 0.05) is 36.8 Å². The molecule has 1 saturated heterocycles. The molecule has 2 aromatic carbocycles. The lowest BCUT2D eigenvalue weighted by atomic mass is 9.95. The lowest BCUT2D eigenvalue weighted by Crippen LogP contribution is -2.43. The van der Waals surface area contributed by atoms with Gasteiger partial charge in [0.15, 0.2) is 0 Å². The number of nitrogens with one attached hydrogen (secondary N) is 2. The second-order valence-electron chi connectivity index (χ2n) is 8.98. The van der Waals surface area contributed by atoms with Gasteiger partial charge in [-0.2, -0.15) is 13.2 Å². The van der Waals surface area contributed by atoms with E-state index >= 15 is 0 Å². The van der Waals surface area contributed by atoms with Gasteiger partial charge in [-0.05, 0) is 61.2 Å². The van der Waals surface area contributed by atoms with Crippen molar-refractivity contribution >= 4 is 33.5 Å². The SMILES string of the molecule is C=CCNC(=O)C1CCN(C(=O)c2ccc(NS(=O)(=O)c3ccc(CCC)cc3)cc2)CC1.O=C(O)C(F)(F)F. The molecule has 0 atom stereocenters. The van der Waals surface area contributed by atoms with E-state index in [0.29, 0.717) is 43.7 Å². The van der Waals surface area contributed by atoms with E-state index < -0.39 is 22.2 Å². The van der Waals surface area contributed by atoms with E-state index in [2.05, 4.69) is 23.5 Å². The lowest BCUT2D eigenvalue weighted by Gasteiger charge is -2.31. The van der Waals surface area contributed by atoms with Gasteiger partial charge in [0.05, 0.1) is 4.90 Å². The molecule has 0 aliphatic carbocycles. The number of carboxylic acid groups (broad SMARTS) is 1. The monoisotopic (exact) mass is 583 g/mol. The van der Waals surface area contributed by atoms with E-state index in [4.69, 9.17) is 9.90 Å². The number of carboxylic acids is 1. The van der Waals surface area contributed by atoms with Crippen molar-refractivity contribution in [3.05, 3.63) is 72.3 Å². The summed E-state index contributed by atoms with van der Waals surface area (Å²) in [5.74, 6) is -2.98. The van der Waals surface area contributed by atoms with Crippen molar-refractivity contribution in [1.82, 2.24) is 10.2 Å². The summed E-state index contributed by atoms with van der Waals surface area (Å²) >= 11 is 0. The Balaban J connectivity index is 0.000000708. The van der Waals surface area contributed by atoms with E-state index in [1.54, 1.807) is 47.4 Å². The zero-order valence-electron chi connectivity index (χ0n) is 21.9. The number of amides is 2. The van der Waals surface area contributed by atoms with Crippen molar-refractivity contribution in [3.63, 3.8) is 0 Å². The van der Waals surface area contributed by atoms with Gasteiger partial charge in [-0.3, -0.25) is 14.3 Å². The third-order valence-electron chi connectivity index (χ3n) is 5.97. The highest BCUT2D eigenvalue weighted by Gasteiger charge is 2.38. The highest BCUT2D eigenvalue weighted by atomic mass is 32.2. The van der Waals surface area contributed by atoms with Crippen molar-refractivity contribution in [2.75, 3.05) is 24.4 Å². The number of likely N-dealkylation sites (tertiary alicyclic amines) is 1. The van der Waals surface area contributed by atoms with Crippen LogP contribution in [0.5, 0.6) is 0 Å². The van der Waals surface area contributed by atoms with Crippen LogP contribution in [0.25, 0.3) is 0 Å². The minimum atomic E-state index is -5.08. The average molecular weight is 584 g/mol. The quantitative estimate of drug-likeness (QED) is 0.379. The van der Waals surface area contributed by atoms with Crippen molar-refractivity contribution in [2.45, 2.75) is 43.7 Å². The number of aryl methyl sites for hydroxylation is 1. The first kappa shape index (κ1) is 32.3. The van der Waals surface area contributed by atoms with Gasteiger partial charge in [-0.1, -0.05) is 31.6 Å². The molecule has 3 rings (SSSR count). The number of aliphatic carboxylic acids is 1. The minimum absolute atomic E-state index is 0.00126. The molecule has 0 aromatic heterocycles. The molecule has 218 valence electrons. The van der Waals surface area contributed by atoms with E-state index in [-0.39, 0.29) is 22.6 Å². The Morgan fingerprint density at radius 1 is 1.05 bits per heavy atom. The summed E-state index contributed by atoms with van der Waals surface area (Å²) in [6.07, 6.45) is -0.307. The molecule has 1 fully saturated rings. The number of sulfonamides is 1. The molecule has 1 aliphatic heterocycles. The molecule has 3 N–H and O–H groups in total. The second-order valence-corrected chi connectivity index (χ2v) is 10.7. The fraction of sp³-hybridized carbons (Fsp3) is 0.370. The zero-order chi connectivity index (χ0) is 29.9. The van der Waals surface area contributed by atoms with Crippen molar-refractivity contribution in [1.29, 1.82) is 0 Å². The highest BCUT2D eigenvalue weighted by molar-refractivity contribution is 7.92. The van der Waals surface area contributed by atoms with Crippen LogP contribution >= 0.6 is 0 Å². The highest BCUT2D eigenvalue weighted by Crippen LogP contribution is 2.22. The number of benzene rings is 2. The zero-order valence-corrected chi connectivity index (χ0v) is 22.7. The smallest absolute Gasteiger partial charge is 0.475 e. The summed E-state index contributed by atoms with van der Waals surface area (Å²) in [6.45, 7) is 7.12. The van der Waals surface area contributed by atoms with Crippen LogP contribution in [0.3, 0.4) is 0 Å². The number of halogens is 3. The Kier molecular flexibility index (Phi) is 11.7. The van der Waals surface area contributed by atoms with Gasteiger partial charge in [0.25, 0.3) is 15.9 Å². The van der Waals surface area contributed by atoms with E-state index in [9.17, 15) is 31.2 Å². The van der Waals surface area contributed by atoms with Crippen LogP contribution in [0.1, 0.15) is 42.1 Å². The van der Waals surface area contributed by atoms with Crippen molar-refractivity contribution < 1.29 is 41.1 Å². The Morgan fingerprint density at radius 2 is 1.60 bits per heavy atom. The molecule has 2 amide bonds. The molecule has 1 heterocycles. The van der Waals surface area contributed by atoms with Crippen LogP contribution in [0, 0.1) is 5.92 Å². The van der Waals surface area contributed by atoms with Gasteiger partial charge in [0.2, 0.25) is 5.91 Å². The Hall–Kier alpha value is -3.87. The molecule has 9 nitrogen and oxygen atoms in total. The summed E-state index contributed by atoms with van der Waals surface area (Å²) < 4.78 is 59.6. The van der Waals surface area contributed by atoms with Crippen LogP contribution in [-0.4, -0.2) is 62.0 Å². The maximum absolute atomic E-state index is 12.8. The first-order valence-electron chi connectivity index (χ1n) is 12.5. The van der Waals surface area contributed by atoms with Crippen LogP contribution in [0.4, 0.5) is 18.9 Å². The van der Waals surface area contributed by atoms with Crippen LogP contribution < -0.4 is 10.0 Å². The first-order valence-corrected chi connectivity index (χ1v) is 14.0. The minimum Gasteiger partial charge on any atom is -0.475 e. The number of hydrogen-bond donors (Lipinski definition) is 3. The predicted octanol–water partition coefficient (Wildman–Crippen LogP) is 4.23. The summed E-state index contributed by atoms with van der Waals surface area (Å²) in [5, 5.41) is 9.93. The summed E-state index contributed by atoms with van der Waals surface area (Å²) in [6, 6.07) is 13.3. The Morgan fingerprint density at radius 3 is 2.08 bits per heavy atom. The average Bonchev–Trinajstić information content (AvgIpc) is 2.92. The van der Waals surface area contributed by atoms with Gasteiger partial charge in [-0.15, -0.1) is 6.58 Å². The number of piperidine rings is 1. The fourth-order valence-electron chi connectivity index (χ4n) is 3.86.